The number of methoxy groups -OCH3 is 1. The maximum Gasteiger partial charge on any atom is 0.328 e. The summed E-state index contributed by atoms with van der Waals surface area (Å²) < 4.78 is 11.0. The molecule has 1 unspecified atom stereocenters. The Morgan fingerprint density at radius 3 is 2.35 bits per heavy atom. The van der Waals surface area contributed by atoms with E-state index in [2.05, 4.69) is 0 Å². The van der Waals surface area contributed by atoms with Gasteiger partial charge in [0.25, 0.3) is 0 Å². The van der Waals surface area contributed by atoms with Crippen LogP contribution in [0.3, 0.4) is 0 Å². The number of benzene rings is 1. The fourth-order valence-corrected chi connectivity index (χ4v) is 1.91. The van der Waals surface area contributed by atoms with Crippen molar-refractivity contribution in [3.05, 3.63) is 35.9 Å². The Kier molecular flexibility index (Phi) is 6.15. The van der Waals surface area contributed by atoms with Crippen molar-refractivity contribution < 1.29 is 29.3 Å². The van der Waals surface area contributed by atoms with Gasteiger partial charge in [-0.05, 0) is 31.9 Å². The van der Waals surface area contributed by atoms with Crippen molar-refractivity contribution in [2.45, 2.75) is 31.9 Å². The lowest BCUT2D eigenvalue weighted by Gasteiger charge is -2.38. The molecule has 1 aliphatic rings. The van der Waals surface area contributed by atoms with E-state index in [1.54, 1.807) is 7.11 Å². The quantitative estimate of drug-likeness (QED) is 0.720. The van der Waals surface area contributed by atoms with Crippen LogP contribution in [0.1, 0.15) is 19.4 Å². The minimum Gasteiger partial charge on any atom is -0.497 e. The summed E-state index contributed by atoms with van der Waals surface area (Å²) in [5.74, 6) is -0.805. The molecule has 4 N–H and O–H groups in total. The van der Waals surface area contributed by atoms with Gasteiger partial charge in [-0.2, -0.15) is 0 Å². The molecule has 7 heteroatoms. The second-order valence-corrected chi connectivity index (χ2v) is 5.50. The summed E-state index contributed by atoms with van der Waals surface area (Å²) in [6, 6.07) is 5.91. The maximum atomic E-state index is 9.55. The van der Waals surface area contributed by atoms with Gasteiger partial charge in [0, 0.05) is 24.3 Å². The van der Waals surface area contributed by atoms with E-state index in [4.69, 9.17) is 25.4 Å². The Hall–Kier alpha value is -2.54. The summed E-state index contributed by atoms with van der Waals surface area (Å²) in [4.78, 5) is 19.1. The van der Waals surface area contributed by atoms with Crippen LogP contribution in [0.15, 0.2) is 30.4 Å². The first kappa shape index (κ1) is 18.5. The van der Waals surface area contributed by atoms with Crippen molar-refractivity contribution >= 4 is 11.9 Å². The van der Waals surface area contributed by atoms with Crippen LogP contribution in [0, 0.1) is 0 Å². The largest absolute Gasteiger partial charge is 0.497 e. The standard InChI is InChI=1S/C12H17NO2.C4H4O4/c1-12(2)11(13)6-8-4-5-9(14-3)7-10(8)15-12;5-3(6)1-2-4(7)8/h4-5,7,11H,6,13H2,1-3H3;1-2H,(H,5,6)(H,7,8)/b;2-1+. The Balaban J connectivity index is 0.000000284. The van der Waals surface area contributed by atoms with E-state index in [1.807, 2.05) is 32.0 Å². The molecule has 2 rings (SSSR count). The van der Waals surface area contributed by atoms with E-state index in [1.165, 1.54) is 0 Å². The summed E-state index contributed by atoms with van der Waals surface area (Å²) in [7, 11) is 1.65. The molecule has 1 aromatic rings. The van der Waals surface area contributed by atoms with E-state index in [9.17, 15) is 9.59 Å². The molecule has 1 heterocycles. The fourth-order valence-electron chi connectivity index (χ4n) is 1.91. The fraction of sp³-hybridized carbons (Fsp3) is 0.375. The smallest absolute Gasteiger partial charge is 0.328 e. The Bertz CT molecular complexity index is 593. The Morgan fingerprint density at radius 2 is 1.87 bits per heavy atom. The second kappa shape index (κ2) is 7.64. The molecule has 0 bridgehead atoms. The van der Waals surface area contributed by atoms with Gasteiger partial charge in [-0.1, -0.05) is 6.07 Å². The van der Waals surface area contributed by atoms with Gasteiger partial charge in [-0.25, -0.2) is 9.59 Å². The van der Waals surface area contributed by atoms with Gasteiger partial charge in [0.2, 0.25) is 0 Å². The number of rotatable bonds is 3. The van der Waals surface area contributed by atoms with Crippen LogP contribution in [0.4, 0.5) is 0 Å². The van der Waals surface area contributed by atoms with Crippen molar-refractivity contribution in [3.8, 4) is 11.5 Å². The second-order valence-electron chi connectivity index (χ2n) is 5.50. The lowest BCUT2D eigenvalue weighted by Crippen LogP contribution is -2.51. The summed E-state index contributed by atoms with van der Waals surface area (Å²) >= 11 is 0. The maximum absolute atomic E-state index is 9.55. The normalized spacial score (nSPS) is 18.2. The molecule has 1 aromatic carbocycles. The summed E-state index contributed by atoms with van der Waals surface area (Å²) in [5, 5.41) is 15.6. The third kappa shape index (κ3) is 5.63. The van der Waals surface area contributed by atoms with Crippen molar-refractivity contribution in [1.29, 1.82) is 0 Å². The molecule has 0 amide bonds. The number of carboxylic acid groups (broad SMARTS) is 2. The Morgan fingerprint density at radius 1 is 1.30 bits per heavy atom. The highest BCUT2D eigenvalue weighted by molar-refractivity contribution is 5.89. The van der Waals surface area contributed by atoms with Gasteiger partial charge >= 0.3 is 11.9 Å². The molecule has 0 aromatic heterocycles. The number of hydrogen-bond donors (Lipinski definition) is 3. The molecular weight excluding hydrogens is 302 g/mol. The zero-order chi connectivity index (χ0) is 17.6. The van der Waals surface area contributed by atoms with Crippen molar-refractivity contribution in [3.63, 3.8) is 0 Å². The highest BCUT2D eigenvalue weighted by Gasteiger charge is 2.34. The van der Waals surface area contributed by atoms with Gasteiger partial charge in [0.1, 0.15) is 17.1 Å². The lowest BCUT2D eigenvalue weighted by atomic mass is 9.89. The summed E-state index contributed by atoms with van der Waals surface area (Å²) in [5.41, 5.74) is 6.89. The molecule has 0 spiro atoms. The minimum absolute atomic E-state index is 0.0402. The third-order valence-electron chi connectivity index (χ3n) is 3.35. The topological polar surface area (TPSA) is 119 Å². The van der Waals surface area contributed by atoms with Crippen molar-refractivity contribution in [1.82, 2.24) is 0 Å². The molecule has 0 radical (unpaired) electrons. The highest BCUT2D eigenvalue weighted by atomic mass is 16.5. The van der Waals surface area contributed by atoms with E-state index in [-0.39, 0.29) is 11.6 Å². The van der Waals surface area contributed by atoms with E-state index >= 15 is 0 Å². The number of aliphatic carboxylic acids is 2. The summed E-state index contributed by atoms with van der Waals surface area (Å²) in [6.45, 7) is 4.03. The molecule has 0 saturated carbocycles. The third-order valence-corrected chi connectivity index (χ3v) is 3.35. The average Bonchev–Trinajstić information content (AvgIpc) is 2.46. The zero-order valence-electron chi connectivity index (χ0n) is 13.3. The van der Waals surface area contributed by atoms with Crippen LogP contribution >= 0.6 is 0 Å². The molecule has 0 fully saturated rings. The van der Waals surface area contributed by atoms with Gasteiger partial charge in [-0.3, -0.25) is 0 Å². The van der Waals surface area contributed by atoms with Crippen molar-refractivity contribution in [2.24, 2.45) is 5.73 Å². The van der Waals surface area contributed by atoms with Crippen LogP contribution in [0.25, 0.3) is 0 Å². The lowest BCUT2D eigenvalue weighted by molar-refractivity contribution is -0.134. The predicted octanol–water partition coefficient (Wildman–Crippen LogP) is 1.45. The zero-order valence-corrected chi connectivity index (χ0v) is 13.3. The van der Waals surface area contributed by atoms with Crippen LogP contribution in [-0.4, -0.2) is 40.9 Å². The van der Waals surface area contributed by atoms with Gasteiger partial charge in [0.05, 0.1) is 7.11 Å². The van der Waals surface area contributed by atoms with E-state index in [0.717, 1.165) is 23.5 Å². The molecule has 1 aliphatic heterocycles. The van der Waals surface area contributed by atoms with E-state index < -0.39 is 11.9 Å². The summed E-state index contributed by atoms with van der Waals surface area (Å²) in [6.07, 6.45) is 1.97. The first-order chi connectivity index (χ1) is 10.7. The highest BCUT2D eigenvalue weighted by Crippen LogP contribution is 2.34. The Labute approximate surface area is 134 Å². The number of carbonyl (C=O) groups is 2. The molecular formula is C16H21NO6. The van der Waals surface area contributed by atoms with Crippen LogP contribution in [0.2, 0.25) is 0 Å². The van der Waals surface area contributed by atoms with Gasteiger partial charge in [-0.15, -0.1) is 0 Å². The molecule has 0 aliphatic carbocycles. The van der Waals surface area contributed by atoms with Crippen LogP contribution < -0.4 is 15.2 Å². The number of fused-ring (bicyclic) bond motifs is 1. The molecule has 7 nitrogen and oxygen atoms in total. The number of nitrogens with two attached hydrogens (primary N) is 1. The monoisotopic (exact) mass is 323 g/mol. The molecule has 0 saturated heterocycles. The first-order valence-corrected chi connectivity index (χ1v) is 6.91. The first-order valence-electron chi connectivity index (χ1n) is 6.91. The van der Waals surface area contributed by atoms with Gasteiger partial charge in [0.15, 0.2) is 0 Å². The SMILES string of the molecule is COc1ccc2c(c1)OC(C)(C)C(N)C2.O=C(O)/C=C/C(=O)O. The molecule has 23 heavy (non-hydrogen) atoms. The van der Waals surface area contributed by atoms with Crippen molar-refractivity contribution in [2.75, 3.05) is 7.11 Å². The average molecular weight is 323 g/mol. The van der Waals surface area contributed by atoms with Gasteiger partial charge < -0.3 is 25.4 Å². The minimum atomic E-state index is -1.26. The molecule has 1 atom stereocenters. The molecule has 126 valence electrons. The van der Waals surface area contributed by atoms with E-state index in [0.29, 0.717) is 12.2 Å². The number of carboxylic acids is 2. The number of hydrogen-bond acceptors (Lipinski definition) is 5. The van der Waals surface area contributed by atoms with Crippen LogP contribution in [0.5, 0.6) is 11.5 Å². The number of ether oxygens (including phenoxy) is 2. The predicted molar refractivity (Wildman–Crippen MR) is 83.8 cm³/mol. The van der Waals surface area contributed by atoms with Crippen LogP contribution in [-0.2, 0) is 16.0 Å².